The highest BCUT2D eigenvalue weighted by atomic mass is 32.2. The highest BCUT2D eigenvalue weighted by Crippen LogP contribution is 2.30. The molecule has 0 aliphatic carbocycles. The Balaban J connectivity index is 2.24. The highest BCUT2D eigenvalue weighted by molar-refractivity contribution is 7.91. The van der Waals surface area contributed by atoms with E-state index in [1.807, 2.05) is 19.1 Å². The molecule has 1 aromatic carbocycles. The maximum Gasteiger partial charge on any atom is 0.156 e. The fraction of sp³-hybridized carbons (Fsp3) is 0.538. The van der Waals surface area contributed by atoms with Crippen molar-refractivity contribution in [2.75, 3.05) is 18.8 Å². The largest absolute Gasteiger partial charge is 0.611 e. The molecular weight excluding hydrogens is 218 g/mol. The van der Waals surface area contributed by atoms with Gasteiger partial charge in [0.25, 0.3) is 0 Å². The number of piperidine rings is 1. The first-order chi connectivity index (χ1) is 7.83. The van der Waals surface area contributed by atoms with Gasteiger partial charge in [-0.3, -0.25) is 0 Å². The summed E-state index contributed by atoms with van der Waals surface area (Å²) in [6.45, 7) is 4.14. The molecule has 1 atom stereocenters. The van der Waals surface area contributed by atoms with Crippen LogP contribution in [0.3, 0.4) is 0 Å². The van der Waals surface area contributed by atoms with Crippen molar-refractivity contribution in [3.8, 4) is 0 Å². The third-order valence-electron chi connectivity index (χ3n) is 3.21. The molecule has 0 aromatic heterocycles. The molecule has 0 saturated carbocycles. The quantitative estimate of drug-likeness (QED) is 0.819. The molecule has 1 fully saturated rings. The van der Waals surface area contributed by atoms with Crippen LogP contribution in [0.15, 0.2) is 29.2 Å². The van der Waals surface area contributed by atoms with E-state index in [1.54, 1.807) is 0 Å². The molecule has 88 valence electrons. The molecule has 1 aliphatic rings. The van der Waals surface area contributed by atoms with Crippen LogP contribution in [0.4, 0.5) is 0 Å². The summed E-state index contributed by atoms with van der Waals surface area (Å²) in [5.74, 6) is 1.30. The first-order valence-electron chi connectivity index (χ1n) is 6.01. The highest BCUT2D eigenvalue weighted by Gasteiger charge is 2.22. The topological polar surface area (TPSA) is 35.1 Å². The molecule has 0 radical (unpaired) electrons. The van der Waals surface area contributed by atoms with Crippen molar-refractivity contribution < 1.29 is 4.55 Å². The minimum Gasteiger partial charge on any atom is -0.611 e. The summed E-state index contributed by atoms with van der Waals surface area (Å²) < 4.78 is 12.0. The Morgan fingerprint density at radius 3 is 2.69 bits per heavy atom. The molecule has 1 unspecified atom stereocenters. The second-order valence-electron chi connectivity index (χ2n) is 4.20. The van der Waals surface area contributed by atoms with Gasteiger partial charge < -0.3 is 9.87 Å². The molecule has 1 aromatic rings. The predicted molar refractivity (Wildman–Crippen MR) is 68.2 cm³/mol. The number of benzene rings is 1. The van der Waals surface area contributed by atoms with E-state index in [4.69, 9.17) is 0 Å². The normalized spacial score (nSPS) is 19.6. The Labute approximate surface area is 101 Å². The van der Waals surface area contributed by atoms with Crippen molar-refractivity contribution in [3.05, 3.63) is 29.8 Å². The van der Waals surface area contributed by atoms with Crippen molar-refractivity contribution in [1.82, 2.24) is 5.32 Å². The van der Waals surface area contributed by atoms with Crippen LogP contribution in [-0.2, 0) is 11.2 Å². The van der Waals surface area contributed by atoms with Crippen molar-refractivity contribution in [1.29, 1.82) is 0 Å². The van der Waals surface area contributed by atoms with E-state index in [1.165, 1.54) is 5.56 Å². The number of hydrogen-bond donors (Lipinski definition) is 1. The Hall–Kier alpha value is -0.510. The van der Waals surface area contributed by atoms with E-state index in [0.29, 0.717) is 11.7 Å². The Kier molecular flexibility index (Phi) is 4.27. The van der Waals surface area contributed by atoms with Crippen molar-refractivity contribution >= 4 is 11.2 Å². The minimum atomic E-state index is -0.824. The lowest BCUT2D eigenvalue weighted by Gasteiger charge is -2.24. The van der Waals surface area contributed by atoms with Gasteiger partial charge in [-0.05, 0) is 56.0 Å². The first kappa shape index (κ1) is 12.0. The van der Waals surface area contributed by atoms with Gasteiger partial charge in [-0.1, -0.05) is 18.2 Å². The zero-order valence-electron chi connectivity index (χ0n) is 9.74. The molecule has 0 amide bonds. The van der Waals surface area contributed by atoms with Gasteiger partial charge in [0.2, 0.25) is 0 Å². The molecule has 2 rings (SSSR count). The summed E-state index contributed by atoms with van der Waals surface area (Å²) in [6.07, 6.45) is 2.33. The molecular formula is C13H19NOS. The number of nitrogens with one attached hydrogen (secondary N) is 1. The summed E-state index contributed by atoms with van der Waals surface area (Å²) in [7, 11) is 0. The second-order valence-corrected chi connectivity index (χ2v) is 5.90. The van der Waals surface area contributed by atoms with Crippen LogP contribution >= 0.6 is 0 Å². The third kappa shape index (κ3) is 2.59. The van der Waals surface area contributed by atoms with Crippen LogP contribution in [0.25, 0.3) is 0 Å². The van der Waals surface area contributed by atoms with Gasteiger partial charge in [-0.25, -0.2) is 0 Å². The van der Waals surface area contributed by atoms with E-state index >= 15 is 0 Å². The van der Waals surface area contributed by atoms with Gasteiger partial charge in [-0.2, -0.15) is 0 Å². The smallest absolute Gasteiger partial charge is 0.156 e. The van der Waals surface area contributed by atoms with Crippen LogP contribution in [0, 0.1) is 0 Å². The molecule has 1 aliphatic heterocycles. The summed E-state index contributed by atoms with van der Waals surface area (Å²) in [6, 6.07) is 8.23. The predicted octanol–water partition coefficient (Wildman–Crippen LogP) is 2.28. The minimum absolute atomic E-state index is 0.591. The zero-order valence-corrected chi connectivity index (χ0v) is 10.6. The van der Waals surface area contributed by atoms with Crippen molar-refractivity contribution in [2.45, 2.75) is 30.6 Å². The van der Waals surface area contributed by atoms with Crippen LogP contribution < -0.4 is 5.32 Å². The second kappa shape index (κ2) is 5.71. The van der Waals surface area contributed by atoms with Gasteiger partial charge in [0.1, 0.15) is 5.75 Å². The molecule has 1 heterocycles. The maximum atomic E-state index is 12.0. The van der Waals surface area contributed by atoms with Crippen LogP contribution in [0.1, 0.15) is 31.2 Å². The molecule has 3 heteroatoms. The standard InChI is InChI=1S/C13H19NOS/c1-2-16(15)13-6-4-3-5-12(13)11-7-9-14-10-8-11/h3-6,11,14H,2,7-10H2,1H3. The average Bonchev–Trinajstić information content (AvgIpc) is 2.39. The Morgan fingerprint density at radius 1 is 1.31 bits per heavy atom. The Bertz CT molecular complexity index is 336. The monoisotopic (exact) mass is 237 g/mol. The first-order valence-corrected chi connectivity index (χ1v) is 7.33. The lowest BCUT2D eigenvalue weighted by molar-refractivity contribution is 0.455. The van der Waals surface area contributed by atoms with Crippen molar-refractivity contribution in [2.24, 2.45) is 0 Å². The summed E-state index contributed by atoms with van der Waals surface area (Å²) in [5.41, 5.74) is 1.31. The molecule has 1 saturated heterocycles. The summed E-state index contributed by atoms with van der Waals surface area (Å²) >= 11 is -0.824. The Morgan fingerprint density at radius 2 is 2.00 bits per heavy atom. The molecule has 1 N–H and O–H groups in total. The van der Waals surface area contributed by atoms with Crippen LogP contribution in [-0.4, -0.2) is 23.4 Å². The number of hydrogen-bond acceptors (Lipinski definition) is 2. The average molecular weight is 237 g/mol. The summed E-state index contributed by atoms with van der Waals surface area (Å²) in [5, 5.41) is 3.37. The summed E-state index contributed by atoms with van der Waals surface area (Å²) in [4.78, 5) is 1.05. The van der Waals surface area contributed by atoms with Gasteiger partial charge in [0.05, 0.1) is 0 Å². The fourth-order valence-corrected chi connectivity index (χ4v) is 3.35. The van der Waals surface area contributed by atoms with Gasteiger partial charge in [-0.15, -0.1) is 0 Å². The molecule has 0 spiro atoms. The lowest BCUT2D eigenvalue weighted by atomic mass is 9.90. The van der Waals surface area contributed by atoms with Gasteiger partial charge >= 0.3 is 0 Å². The van der Waals surface area contributed by atoms with Crippen LogP contribution in [0.5, 0.6) is 0 Å². The van der Waals surface area contributed by atoms with E-state index in [9.17, 15) is 4.55 Å². The number of rotatable bonds is 3. The van der Waals surface area contributed by atoms with E-state index in [0.717, 1.165) is 30.8 Å². The van der Waals surface area contributed by atoms with E-state index in [2.05, 4.69) is 17.4 Å². The molecule has 16 heavy (non-hydrogen) atoms. The van der Waals surface area contributed by atoms with Crippen LogP contribution in [0.2, 0.25) is 0 Å². The van der Waals surface area contributed by atoms with Gasteiger partial charge in [0, 0.05) is 5.56 Å². The lowest BCUT2D eigenvalue weighted by Crippen LogP contribution is -2.27. The maximum absolute atomic E-state index is 12.0. The van der Waals surface area contributed by atoms with Crippen molar-refractivity contribution in [3.63, 3.8) is 0 Å². The van der Waals surface area contributed by atoms with E-state index < -0.39 is 11.2 Å². The third-order valence-corrected chi connectivity index (χ3v) is 4.59. The zero-order chi connectivity index (χ0) is 11.4. The SMILES string of the molecule is CC[S+]([O-])c1ccccc1C1CCNCC1. The van der Waals surface area contributed by atoms with E-state index in [-0.39, 0.29) is 0 Å². The molecule has 0 bridgehead atoms. The molecule has 2 nitrogen and oxygen atoms in total. The van der Waals surface area contributed by atoms with Gasteiger partial charge in [0.15, 0.2) is 4.90 Å². The fourth-order valence-electron chi connectivity index (χ4n) is 2.31.